The molecule has 1 heterocycles. The number of hydrogen-bond acceptors (Lipinski definition) is 5. The van der Waals surface area contributed by atoms with Gasteiger partial charge in [-0.1, -0.05) is 12.2 Å². The summed E-state index contributed by atoms with van der Waals surface area (Å²) in [6, 6.07) is 3.56. The molecule has 3 aliphatic carbocycles. The molecule has 5 rings (SSSR count). The average Bonchev–Trinajstić information content (AvgIpc) is 3.26. The van der Waals surface area contributed by atoms with Gasteiger partial charge in [0.15, 0.2) is 11.5 Å². The lowest BCUT2D eigenvalue weighted by molar-refractivity contribution is -0.141. The second kappa shape index (κ2) is 5.67. The van der Waals surface area contributed by atoms with Crippen molar-refractivity contribution in [3.05, 3.63) is 34.3 Å². The number of fused-ring (bicyclic) bond motifs is 3. The number of ether oxygens (including phenoxy) is 2. The summed E-state index contributed by atoms with van der Waals surface area (Å²) in [5.74, 6) is 0.747. The lowest BCUT2D eigenvalue weighted by Crippen LogP contribution is -2.30. The summed E-state index contributed by atoms with van der Waals surface area (Å²) in [5.41, 5.74) is 0.905. The minimum Gasteiger partial charge on any atom is -0.493 e. The van der Waals surface area contributed by atoms with E-state index in [1.807, 2.05) is 0 Å². The number of methoxy groups -OCH3 is 2. The highest BCUT2D eigenvalue weighted by Crippen LogP contribution is 2.73. The minimum absolute atomic E-state index is 0.163. The van der Waals surface area contributed by atoms with Crippen LogP contribution in [-0.4, -0.2) is 37.3 Å². The van der Waals surface area contributed by atoms with Gasteiger partial charge in [-0.05, 0) is 63.7 Å². The van der Waals surface area contributed by atoms with Gasteiger partial charge in [0.05, 0.1) is 36.7 Å². The van der Waals surface area contributed by atoms with Gasteiger partial charge in [-0.3, -0.25) is 9.59 Å². The molecule has 2 amide bonds. The molecule has 0 aromatic heterocycles. The maximum absolute atomic E-state index is 12.9. The Kier molecular flexibility index (Phi) is 3.57. The average molecular weight is 431 g/mol. The maximum atomic E-state index is 12.9. The Morgan fingerprint density at radius 1 is 1.11 bits per heavy atom. The summed E-state index contributed by atoms with van der Waals surface area (Å²) in [5, 5.41) is 5.31. The molecule has 140 valence electrons. The lowest BCUT2D eigenvalue weighted by atomic mass is 9.85. The van der Waals surface area contributed by atoms with Crippen LogP contribution in [0.5, 0.6) is 11.5 Å². The van der Waals surface area contributed by atoms with Crippen LogP contribution in [0.25, 0.3) is 0 Å². The van der Waals surface area contributed by atoms with Crippen LogP contribution in [0.2, 0.25) is 0 Å². The van der Waals surface area contributed by atoms with Gasteiger partial charge < -0.3 is 9.47 Å². The Hall–Kier alpha value is -2.15. The number of amides is 2. The van der Waals surface area contributed by atoms with Gasteiger partial charge in [-0.2, -0.15) is 10.1 Å². The number of allylic oxidation sites excluding steroid dienone is 2. The Labute approximate surface area is 165 Å². The topological polar surface area (TPSA) is 68.2 Å². The van der Waals surface area contributed by atoms with Gasteiger partial charge in [-0.25, -0.2) is 0 Å². The van der Waals surface area contributed by atoms with Crippen LogP contribution in [-0.2, 0) is 9.59 Å². The van der Waals surface area contributed by atoms with Crippen molar-refractivity contribution in [2.75, 3.05) is 14.2 Å². The van der Waals surface area contributed by atoms with Crippen LogP contribution in [0, 0.1) is 29.1 Å². The molecule has 2 saturated carbocycles. The van der Waals surface area contributed by atoms with E-state index in [-0.39, 0.29) is 40.9 Å². The quantitative estimate of drug-likeness (QED) is 0.418. The molecule has 1 aromatic carbocycles. The highest BCUT2D eigenvalue weighted by molar-refractivity contribution is 9.10. The normalized spacial score (nSPS) is 32.0. The Bertz CT molecular complexity index is 887. The molecule has 1 aliphatic heterocycles. The zero-order valence-electron chi connectivity index (χ0n) is 15.0. The molecule has 27 heavy (non-hydrogen) atoms. The zero-order valence-corrected chi connectivity index (χ0v) is 16.6. The van der Waals surface area contributed by atoms with E-state index >= 15 is 0 Å². The van der Waals surface area contributed by atoms with Gasteiger partial charge in [0.2, 0.25) is 0 Å². The molecule has 4 atom stereocenters. The summed E-state index contributed by atoms with van der Waals surface area (Å²) in [6.07, 6.45) is 8.09. The number of benzene rings is 1. The summed E-state index contributed by atoms with van der Waals surface area (Å²) in [7, 11) is 3.11. The second-order valence-corrected chi connectivity index (χ2v) is 8.55. The number of hydrazone groups is 1. The molecular weight excluding hydrogens is 412 g/mol. The summed E-state index contributed by atoms with van der Waals surface area (Å²) in [6.45, 7) is 0. The van der Waals surface area contributed by atoms with Crippen LogP contribution in [0.4, 0.5) is 0 Å². The van der Waals surface area contributed by atoms with E-state index in [0.717, 1.165) is 17.9 Å². The van der Waals surface area contributed by atoms with Crippen molar-refractivity contribution in [2.24, 2.45) is 34.2 Å². The van der Waals surface area contributed by atoms with E-state index in [2.05, 4.69) is 33.2 Å². The van der Waals surface area contributed by atoms with Crippen LogP contribution < -0.4 is 9.47 Å². The third kappa shape index (κ3) is 2.15. The SMILES string of the molecule is COc1cc(/C=N\N2C(=O)[C@@H]3[C@@H](C2=O)[C@H]2C=C[C@H]3C23CC3)cc(Br)c1OC. The predicted molar refractivity (Wildman–Crippen MR) is 101 cm³/mol. The monoisotopic (exact) mass is 430 g/mol. The second-order valence-electron chi connectivity index (χ2n) is 7.69. The largest absolute Gasteiger partial charge is 0.493 e. The van der Waals surface area contributed by atoms with Gasteiger partial charge in [0.25, 0.3) is 11.8 Å². The van der Waals surface area contributed by atoms with Crippen molar-refractivity contribution in [1.29, 1.82) is 0 Å². The summed E-state index contributed by atoms with van der Waals surface area (Å²) in [4.78, 5) is 25.8. The van der Waals surface area contributed by atoms with Crippen LogP contribution in [0.1, 0.15) is 18.4 Å². The Morgan fingerprint density at radius 2 is 1.74 bits per heavy atom. The fourth-order valence-electron chi connectivity index (χ4n) is 5.31. The molecular formula is C20H19BrN2O4. The first-order valence-corrected chi connectivity index (χ1v) is 9.83. The first-order valence-electron chi connectivity index (χ1n) is 9.03. The van der Waals surface area contributed by atoms with Crippen molar-refractivity contribution < 1.29 is 19.1 Å². The van der Waals surface area contributed by atoms with Crippen LogP contribution in [0.15, 0.2) is 33.9 Å². The molecule has 0 unspecified atom stereocenters. The molecule has 4 aliphatic rings. The van der Waals surface area contributed by atoms with E-state index < -0.39 is 0 Å². The number of hydrogen-bond donors (Lipinski definition) is 0. The number of imide groups is 1. The number of carbonyl (C=O) groups excluding carboxylic acids is 2. The number of rotatable bonds is 4. The molecule has 7 heteroatoms. The highest BCUT2D eigenvalue weighted by Gasteiger charge is 2.73. The minimum atomic E-state index is -0.232. The van der Waals surface area contributed by atoms with E-state index in [1.165, 1.54) is 6.21 Å². The van der Waals surface area contributed by atoms with Gasteiger partial charge >= 0.3 is 0 Å². The van der Waals surface area contributed by atoms with Gasteiger partial charge in [0.1, 0.15) is 0 Å². The number of nitrogens with zero attached hydrogens (tertiary/aromatic N) is 2. The van der Waals surface area contributed by atoms with Crippen LogP contribution >= 0.6 is 15.9 Å². The van der Waals surface area contributed by atoms with E-state index in [1.54, 1.807) is 26.4 Å². The third-order valence-corrected chi connectivity index (χ3v) is 7.20. The molecule has 1 spiro atoms. The highest BCUT2D eigenvalue weighted by atomic mass is 79.9. The van der Waals surface area contributed by atoms with Crippen molar-refractivity contribution >= 4 is 34.0 Å². The zero-order chi connectivity index (χ0) is 18.9. The summed E-state index contributed by atoms with van der Waals surface area (Å²) < 4.78 is 11.3. The van der Waals surface area contributed by atoms with Crippen molar-refractivity contribution in [3.63, 3.8) is 0 Å². The van der Waals surface area contributed by atoms with Crippen molar-refractivity contribution in [2.45, 2.75) is 12.8 Å². The molecule has 1 saturated heterocycles. The molecule has 6 nitrogen and oxygen atoms in total. The number of halogens is 1. The third-order valence-electron chi connectivity index (χ3n) is 6.61. The summed E-state index contributed by atoms with van der Waals surface area (Å²) >= 11 is 3.44. The van der Waals surface area contributed by atoms with E-state index in [9.17, 15) is 9.59 Å². The lowest BCUT2D eigenvalue weighted by Gasteiger charge is -2.18. The van der Waals surface area contributed by atoms with Crippen molar-refractivity contribution in [3.8, 4) is 11.5 Å². The van der Waals surface area contributed by atoms with E-state index in [4.69, 9.17) is 9.47 Å². The standard InChI is InChI=1S/C20H19BrN2O4/c1-26-14-8-10(7-13(21)17(14)27-2)9-22-23-18(24)15-11-3-4-12(16(15)19(23)25)20(11)5-6-20/h3-4,7-9,11-12,15-16H,5-6H2,1-2H3/b22-9-/t11-,12-,15+,16+/m1/s1. The molecule has 2 bridgehead atoms. The van der Waals surface area contributed by atoms with Crippen LogP contribution in [0.3, 0.4) is 0 Å². The molecule has 0 N–H and O–H groups in total. The van der Waals surface area contributed by atoms with Gasteiger partial charge in [0, 0.05) is 0 Å². The number of carbonyl (C=O) groups is 2. The molecule has 3 fully saturated rings. The Balaban J connectivity index is 1.42. The fourth-order valence-corrected chi connectivity index (χ4v) is 5.93. The molecule has 1 aromatic rings. The maximum Gasteiger partial charge on any atom is 0.254 e. The van der Waals surface area contributed by atoms with E-state index in [0.29, 0.717) is 21.5 Å². The first kappa shape index (κ1) is 17.0. The smallest absolute Gasteiger partial charge is 0.254 e. The Morgan fingerprint density at radius 3 is 2.26 bits per heavy atom. The fraction of sp³-hybridized carbons (Fsp3) is 0.450. The predicted octanol–water partition coefficient (Wildman–Crippen LogP) is 3.00. The van der Waals surface area contributed by atoms with Gasteiger partial charge in [-0.15, -0.1) is 0 Å². The molecule has 0 radical (unpaired) electrons. The first-order chi connectivity index (χ1) is 13.0. The van der Waals surface area contributed by atoms with Crippen molar-refractivity contribution in [1.82, 2.24) is 5.01 Å².